The van der Waals surface area contributed by atoms with Gasteiger partial charge in [0.2, 0.25) is 0 Å². The Labute approximate surface area is 147 Å². The first-order valence-corrected chi connectivity index (χ1v) is 9.33. The van der Waals surface area contributed by atoms with Crippen LogP contribution in [0.3, 0.4) is 0 Å². The molecule has 138 valence electrons. The highest BCUT2D eigenvalue weighted by Crippen LogP contribution is 2.48. The smallest absolute Gasteiger partial charge is 0.312 e. The maximum Gasteiger partial charge on any atom is 0.327 e. The van der Waals surface area contributed by atoms with Gasteiger partial charge in [-0.05, 0) is 54.0 Å². The van der Waals surface area contributed by atoms with Crippen LogP contribution in [0.1, 0.15) is 73.1 Å². The lowest BCUT2D eigenvalue weighted by Crippen LogP contribution is -2.68. The molecule has 0 aromatic carbocycles. The van der Waals surface area contributed by atoms with Gasteiger partial charge in [-0.1, -0.05) is 26.2 Å². The van der Waals surface area contributed by atoms with Crippen molar-refractivity contribution < 1.29 is 9.59 Å². The van der Waals surface area contributed by atoms with E-state index in [9.17, 15) is 9.59 Å². The molecular weight excluding hydrogens is 302 g/mol. The van der Waals surface area contributed by atoms with Gasteiger partial charge in [0.1, 0.15) is 5.54 Å². The molecule has 3 amide bonds. The molecule has 2 heterocycles. The summed E-state index contributed by atoms with van der Waals surface area (Å²) in [7, 11) is 3.93. The Morgan fingerprint density at radius 3 is 1.96 bits per heavy atom. The van der Waals surface area contributed by atoms with E-state index in [1.54, 1.807) is 4.90 Å². The number of nitrogens with zero attached hydrogens (tertiary/aromatic N) is 3. The number of hydrogen-bond donors (Lipinski definition) is 0. The summed E-state index contributed by atoms with van der Waals surface area (Å²) in [5, 5.41) is 0. The SMILES string of the molecule is CCCCCCN1C(=O)N(C)C2(CC(C)(C)N(C)C(C)(C)C2)C1=O. The van der Waals surface area contributed by atoms with Crippen molar-refractivity contribution in [1.29, 1.82) is 0 Å². The summed E-state index contributed by atoms with van der Waals surface area (Å²) < 4.78 is 0. The topological polar surface area (TPSA) is 43.9 Å². The second-order valence-electron chi connectivity index (χ2n) is 8.93. The Kier molecular flexibility index (Phi) is 5.06. The summed E-state index contributed by atoms with van der Waals surface area (Å²) in [6.45, 7) is 11.4. The number of likely N-dealkylation sites (N-methyl/N-ethyl adjacent to an activating group) is 1. The van der Waals surface area contributed by atoms with Crippen LogP contribution < -0.4 is 0 Å². The highest BCUT2D eigenvalue weighted by Gasteiger charge is 2.63. The molecule has 2 aliphatic rings. The summed E-state index contributed by atoms with van der Waals surface area (Å²) in [6, 6.07) is -0.118. The van der Waals surface area contributed by atoms with E-state index < -0.39 is 5.54 Å². The Balaban J connectivity index is 2.26. The molecule has 2 rings (SSSR count). The third kappa shape index (κ3) is 2.96. The number of likely N-dealkylation sites (tertiary alicyclic amines) is 1. The minimum atomic E-state index is -0.693. The molecule has 24 heavy (non-hydrogen) atoms. The van der Waals surface area contributed by atoms with E-state index >= 15 is 0 Å². The maximum atomic E-state index is 13.3. The quantitative estimate of drug-likeness (QED) is 0.570. The van der Waals surface area contributed by atoms with Gasteiger partial charge < -0.3 is 4.90 Å². The van der Waals surface area contributed by atoms with Gasteiger partial charge in [-0.3, -0.25) is 14.6 Å². The lowest BCUT2D eigenvalue weighted by Gasteiger charge is -2.57. The third-order valence-corrected chi connectivity index (χ3v) is 6.30. The Hall–Kier alpha value is -1.10. The molecule has 0 aromatic heterocycles. The highest BCUT2D eigenvalue weighted by molar-refractivity contribution is 6.07. The van der Waals surface area contributed by atoms with Crippen LogP contribution in [0.4, 0.5) is 4.79 Å². The lowest BCUT2D eigenvalue weighted by molar-refractivity contribution is -0.144. The van der Waals surface area contributed by atoms with Gasteiger partial charge in [-0.15, -0.1) is 0 Å². The van der Waals surface area contributed by atoms with Crippen LogP contribution in [0.5, 0.6) is 0 Å². The van der Waals surface area contributed by atoms with Crippen LogP contribution in [0, 0.1) is 0 Å². The fourth-order valence-corrected chi connectivity index (χ4v) is 4.68. The summed E-state index contributed by atoms with van der Waals surface area (Å²) in [6.07, 6.45) is 5.66. The van der Waals surface area contributed by atoms with Gasteiger partial charge in [-0.25, -0.2) is 4.79 Å². The first-order chi connectivity index (χ1) is 11.0. The van der Waals surface area contributed by atoms with Crippen molar-refractivity contribution in [3.05, 3.63) is 0 Å². The number of carbonyl (C=O) groups is 2. The molecular formula is C19H35N3O2. The van der Waals surface area contributed by atoms with E-state index in [2.05, 4.69) is 46.6 Å². The van der Waals surface area contributed by atoms with Gasteiger partial charge in [0.25, 0.3) is 5.91 Å². The van der Waals surface area contributed by atoms with Crippen molar-refractivity contribution in [2.24, 2.45) is 0 Å². The second-order valence-corrected chi connectivity index (χ2v) is 8.93. The van der Waals surface area contributed by atoms with Crippen LogP contribution in [0.2, 0.25) is 0 Å². The number of amides is 3. The minimum absolute atomic E-state index is 0.0146. The van der Waals surface area contributed by atoms with Gasteiger partial charge >= 0.3 is 6.03 Å². The van der Waals surface area contributed by atoms with Crippen LogP contribution in [-0.4, -0.2) is 63.9 Å². The first kappa shape index (κ1) is 19.2. The second kappa shape index (κ2) is 6.32. The van der Waals surface area contributed by atoms with Crippen molar-refractivity contribution in [2.75, 3.05) is 20.6 Å². The molecule has 2 aliphatic heterocycles. The first-order valence-electron chi connectivity index (χ1n) is 9.33. The van der Waals surface area contributed by atoms with E-state index in [1.807, 2.05) is 7.05 Å². The number of rotatable bonds is 5. The normalized spacial score (nSPS) is 25.8. The van der Waals surface area contributed by atoms with Crippen molar-refractivity contribution in [2.45, 2.75) is 89.8 Å². The molecule has 1 spiro atoms. The molecule has 0 bridgehead atoms. The molecule has 0 radical (unpaired) electrons. The van der Waals surface area contributed by atoms with E-state index in [1.165, 1.54) is 4.90 Å². The Bertz CT molecular complexity index is 495. The van der Waals surface area contributed by atoms with Crippen LogP contribution >= 0.6 is 0 Å². The summed E-state index contributed by atoms with van der Waals surface area (Å²) in [5.41, 5.74) is -0.963. The monoisotopic (exact) mass is 337 g/mol. The molecule has 0 aromatic rings. The van der Waals surface area contributed by atoms with E-state index in [4.69, 9.17) is 0 Å². The Morgan fingerprint density at radius 1 is 0.917 bits per heavy atom. The molecule has 0 unspecified atom stereocenters. The van der Waals surface area contributed by atoms with Gasteiger partial charge in [0.15, 0.2) is 0 Å². The fourth-order valence-electron chi connectivity index (χ4n) is 4.68. The number of unbranched alkanes of at least 4 members (excludes halogenated alkanes) is 3. The average Bonchev–Trinajstić information content (AvgIpc) is 2.64. The molecule has 0 atom stereocenters. The van der Waals surface area contributed by atoms with Gasteiger partial charge in [0, 0.05) is 24.7 Å². The standard InChI is InChI=1S/C19H35N3O2/c1-8-9-10-11-12-22-15(23)19(20(6)16(22)24)13-17(2,3)21(7)18(4,5)14-19/h8-14H2,1-7H3. The van der Waals surface area contributed by atoms with E-state index in [0.29, 0.717) is 19.4 Å². The lowest BCUT2D eigenvalue weighted by atomic mass is 9.68. The zero-order valence-electron chi connectivity index (χ0n) is 16.6. The summed E-state index contributed by atoms with van der Waals surface area (Å²) in [4.78, 5) is 31.7. The molecule has 5 heteroatoms. The zero-order chi connectivity index (χ0) is 18.3. The molecule has 0 saturated carbocycles. The molecule has 5 nitrogen and oxygen atoms in total. The zero-order valence-corrected chi connectivity index (χ0v) is 16.6. The number of imide groups is 1. The van der Waals surface area contributed by atoms with E-state index in [0.717, 1.165) is 25.7 Å². The van der Waals surface area contributed by atoms with Crippen LogP contribution in [-0.2, 0) is 4.79 Å². The number of urea groups is 1. The number of piperidine rings is 1. The third-order valence-electron chi connectivity index (χ3n) is 6.30. The molecule has 2 fully saturated rings. The maximum absolute atomic E-state index is 13.3. The van der Waals surface area contributed by atoms with Crippen molar-refractivity contribution in [3.63, 3.8) is 0 Å². The molecule has 2 saturated heterocycles. The predicted molar refractivity (Wildman–Crippen MR) is 96.9 cm³/mol. The number of carbonyl (C=O) groups excluding carboxylic acids is 2. The average molecular weight is 338 g/mol. The highest BCUT2D eigenvalue weighted by atomic mass is 16.2. The van der Waals surface area contributed by atoms with Crippen molar-refractivity contribution >= 4 is 11.9 Å². The largest absolute Gasteiger partial charge is 0.327 e. The molecule has 0 aliphatic carbocycles. The van der Waals surface area contributed by atoms with Crippen LogP contribution in [0.25, 0.3) is 0 Å². The minimum Gasteiger partial charge on any atom is -0.312 e. The van der Waals surface area contributed by atoms with Crippen molar-refractivity contribution in [3.8, 4) is 0 Å². The van der Waals surface area contributed by atoms with Crippen LogP contribution in [0.15, 0.2) is 0 Å². The molecule has 0 N–H and O–H groups in total. The van der Waals surface area contributed by atoms with E-state index in [-0.39, 0.29) is 23.0 Å². The van der Waals surface area contributed by atoms with Gasteiger partial charge in [-0.2, -0.15) is 0 Å². The van der Waals surface area contributed by atoms with Crippen molar-refractivity contribution in [1.82, 2.24) is 14.7 Å². The summed E-state index contributed by atoms with van der Waals surface area (Å²) in [5.74, 6) is 0.0146. The predicted octanol–water partition coefficient (Wildman–Crippen LogP) is 3.48. The number of hydrogen-bond acceptors (Lipinski definition) is 3. The Morgan fingerprint density at radius 2 is 1.46 bits per heavy atom. The summed E-state index contributed by atoms with van der Waals surface area (Å²) >= 11 is 0. The van der Waals surface area contributed by atoms with Gasteiger partial charge in [0.05, 0.1) is 0 Å². The fraction of sp³-hybridized carbons (Fsp3) is 0.895.